The minimum atomic E-state index is -3.22. The van der Waals surface area contributed by atoms with Gasteiger partial charge in [0.2, 0.25) is 15.9 Å². The average molecular weight is 348 g/mol. The fraction of sp³-hybridized carbons (Fsp3) is 0.611. The summed E-state index contributed by atoms with van der Waals surface area (Å²) in [5, 5.41) is 0. The van der Waals surface area contributed by atoms with E-state index in [0.717, 1.165) is 25.7 Å². The van der Waals surface area contributed by atoms with Gasteiger partial charge in [-0.15, -0.1) is 0 Å². The van der Waals surface area contributed by atoms with Crippen LogP contribution in [0.1, 0.15) is 36.8 Å². The zero-order chi connectivity index (χ0) is 16.9. The van der Waals surface area contributed by atoms with E-state index in [1.54, 1.807) is 0 Å². The van der Waals surface area contributed by atoms with Gasteiger partial charge in [-0.2, -0.15) is 0 Å². The van der Waals surface area contributed by atoms with Gasteiger partial charge >= 0.3 is 0 Å². The van der Waals surface area contributed by atoms with Crippen molar-refractivity contribution in [2.24, 2.45) is 5.92 Å². The number of fused-ring (bicyclic) bond motifs is 2. The van der Waals surface area contributed by atoms with Gasteiger partial charge < -0.3 is 4.90 Å². The molecular weight excluding hydrogens is 324 g/mol. The van der Waals surface area contributed by atoms with Gasteiger partial charge in [0.05, 0.1) is 6.26 Å². The summed E-state index contributed by atoms with van der Waals surface area (Å²) in [5.74, 6) is 0.292. The maximum atomic E-state index is 13.0. The molecule has 3 aliphatic rings. The van der Waals surface area contributed by atoms with E-state index in [2.05, 4.69) is 29.0 Å². The number of nitrogens with one attached hydrogen (secondary N) is 1. The van der Waals surface area contributed by atoms with Crippen molar-refractivity contribution in [2.45, 2.75) is 43.6 Å². The van der Waals surface area contributed by atoms with Gasteiger partial charge in [-0.1, -0.05) is 24.3 Å². The van der Waals surface area contributed by atoms with Crippen LogP contribution in [-0.2, 0) is 26.7 Å². The van der Waals surface area contributed by atoms with Gasteiger partial charge in [-0.05, 0) is 43.2 Å². The van der Waals surface area contributed by atoms with Crippen molar-refractivity contribution in [3.63, 3.8) is 0 Å². The number of carbonyl (C=O) groups is 1. The van der Waals surface area contributed by atoms with Crippen LogP contribution in [0.4, 0.5) is 0 Å². The predicted octanol–water partition coefficient (Wildman–Crippen LogP) is 1.43. The van der Waals surface area contributed by atoms with Crippen molar-refractivity contribution in [1.82, 2.24) is 9.62 Å². The zero-order valence-corrected chi connectivity index (χ0v) is 14.8. The molecule has 1 amide bonds. The van der Waals surface area contributed by atoms with Gasteiger partial charge in [-0.25, -0.2) is 13.1 Å². The third-order valence-corrected chi connectivity index (χ3v) is 6.64. The summed E-state index contributed by atoms with van der Waals surface area (Å²) >= 11 is 0. The quantitative estimate of drug-likeness (QED) is 0.899. The third-order valence-electron chi connectivity index (χ3n) is 5.88. The molecule has 2 aliphatic carbocycles. The molecule has 1 aromatic rings. The highest BCUT2D eigenvalue weighted by molar-refractivity contribution is 7.88. The number of amides is 1. The van der Waals surface area contributed by atoms with Crippen LogP contribution in [0.15, 0.2) is 24.3 Å². The Labute approximate surface area is 143 Å². The van der Waals surface area contributed by atoms with Crippen molar-refractivity contribution >= 4 is 15.9 Å². The van der Waals surface area contributed by atoms with Crippen molar-refractivity contribution < 1.29 is 13.2 Å². The maximum Gasteiger partial charge on any atom is 0.226 e. The van der Waals surface area contributed by atoms with Crippen LogP contribution in [0.2, 0.25) is 0 Å². The summed E-state index contributed by atoms with van der Waals surface area (Å²) in [6.45, 7) is 1.15. The Morgan fingerprint density at radius 3 is 2.92 bits per heavy atom. The van der Waals surface area contributed by atoms with Crippen LogP contribution in [0.3, 0.4) is 0 Å². The van der Waals surface area contributed by atoms with E-state index in [9.17, 15) is 13.2 Å². The normalized spacial score (nSPS) is 32.0. The Balaban J connectivity index is 1.47. The summed E-state index contributed by atoms with van der Waals surface area (Å²) in [5.41, 5.74) is 2.82. The molecule has 0 unspecified atom stereocenters. The van der Waals surface area contributed by atoms with Crippen LogP contribution >= 0.6 is 0 Å². The zero-order valence-electron chi connectivity index (χ0n) is 14.0. The molecule has 1 saturated heterocycles. The van der Waals surface area contributed by atoms with Crippen LogP contribution < -0.4 is 4.72 Å². The Kier molecular flexibility index (Phi) is 3.73. The minimum Gasteiger partial charge on any atom is -0.341 e. The largest absolute Gasteiger partial charge is 0.341 e. The summed E-state index contributed by atoms with van der Waals surface area (Å²) in [4.78, 5) is 14.8. The second-order valence-electron chi connectivity index (χ2n) is 7.58. The van der Waals surface area contributed by atoms with Crippen molar-refractivity contribution in [3.8, 4) is 0 Å². The molecule has 1 aromatic carbocycles. The van der Waals surface area contributed by atoms with Gasteiger partial charge in [0.1, 0.15) is 0 Å². The molecule has 0 bridgehead atoms. The Morgan fingerprint density at radius 2 is 2.12 bits per heavy atom. The molecule has 0 radical (unpaired) electrons. The van der Waals surface area contributed by atoms with Crippen LogP contribution in [0, 0.1) is 5.92 Å². The van der Waals surface area contributed by atoms with Crippen molar-refractivity contribution in [1.29, 1.82) is 0 Å². The van der Waals surface area contributed by atoms with Gasteiger partial charge in [0.25, 0.3) is 0 Å². The fourth-order valence-corrected chi connectivity index (χ4v) is 5.53. The third kappa shape index (κ3) is 2.75. The summed E-state index contributed by atoms with van der Waals surface area (Å²) in [6.07, 6.45) is 6.19. The number of nitrogens with zero attached hydrogens (tertiary/aromatic N) is 1. The molecule has 24 heavy (non-hydrogen) atoms. The maximum absolute atomic E-state index is 13.0. The van der Waals surface area contributed by atoms with Gasteiger partial charge in [-0.3, -0.25) is 4.79 Å². The number of hydrogen-bond acceptors (Lipinski definition) is 3. The molecule has 3 atom stereocenters. The second kappa shape index (κ2) is 5.56. The lowest BCUT2D eigenvalue weighted by atomic mass is 9.78. The lowest BCUT2D eigenvalue weighted by Crippen LogP contribution is -2.39. The number of rotatable bonds is 3. The Bertz CT molecular complexity index is 776. The summed E-state index contributed by atoms with van der Waals surface area (Å²) in [6, 6.07) is 8.40. The van der Waals surface area contributed by atoms with Crippen LogP contribution in [0.25, 0.3) is 0 Å². The van der Waals surface area contributed by atoms with E-state index < -0.39 is 10.0 Å². The molecule has 0 aromatic heterocycles. The number of carbonyl (C=O) groups excluding carboxylic acids is 1. The van der Waals surface area contributed by atoms with Crippen LogP contribution in [0.5, 0.6) is 0 Å². The number of aryl methyl sites for hydroxylation is 1. The molecule has 1 saturated carbocycles. The van der Waals surface area contributed by atoms with E-state index in [1.165, 1.54) is 17.4 Å². The highest BCUT2D eigenvalue weighted by Gasteiger charge is 2.61. The highest BCUT2D eigenvalue weighted by Crippen LogP contribution is 2.60. The molecule has 6 heteroatoms. The molecule has 130 valence electrons. The molecule has 1 N–H and O–H groups in total. The molecular formula is C18H24N2O3S. The Hall–Kier alpha value is -1.40. The predicted molar refractivity (Wildman–Crippen MR) is 92.1 cm³/mol. The molecule has 4 rings (SSSR count). The first-order valence-electron chi connectivity index (χ1n) is 8.73. The molecule has 1 spiro atoms. The number of likely N-dealkylation sites (tertiary alicyclic amines) is 1. The first-order chi connectivity index (χ1) is 11.4. The summed E-state index contributed by atoms with van der Waals surface area (Å²) < 4.78 is 25.4. The van der Waals surface area contributed by atoms with Gasteiger partial charge in [0.15, 0.2) is 0 Å². The van der Waals surface area contributed by atoms with E-state index in [4.69, 9.17) is 0 Å². The minimum absolute atomic E-state index is 0.0499. The fourth-order valence-electron chi connectivity index (χ4n) is 4.74. The monoisotopic (exact) mass is 348 g/mol. The van der Waals surface area contributed by atoms with E-state index in [0.29, 0.717) is 19.5 Å². The lowest BCUT2D eigenvalue weighted by Gasteiger charge is -2.27. The van der Waals surface area contributed by atoms with Crippen molar-refractivity contribution in [2.75, 3.05) is 19.3 Å². The standard InChI is InChI=1S/C18H24N2O3S/c1-24(22,23)19-14-8-10-20(12-14)17(21)16-11-18(16)9-4-6-13-5-2-3-7-15(13)18/h2-3,5,7,14,16,19H,4,6,8-12H2,1H3/t14-,16+,18-/m1/s1. The van der Waals surface area contributed by atoms with E-state index in [1.807, 2.05) is 4.90 Å². The molecule has 2 fully saturated rings. The topological polar surface area (TPSA) is 66.5 Å². The molecule has 1 heterocycles. The average Bonchev–Trinajstić information content (AvgIpc) is 3.05. The molecule has 5 nitrogen and oxygen atoms in total. The smallest absolute Gasteiger partial charge is 0.226 e. The van der Waals surface area contributed by atoms with Crippen LogP contribution in [-0.4, -0.2) is 44.6 Å². The Morgan fingerprint density at radius 1 is 1.33 bits per heavy atom. The first kappa shape index (κ1) is 16.1. The van der Waals surface area contributed by atoms with E-state index in [-0.39, 0.29) is 23.3 Å². The number of hydrogen-bond donors (Lipinski definition) is 1. The number of sulfonamides is 1. The second-order valence-corrected chi connectivity index (χ2v) is 9.36. The SMILES string of the molecule is CS(=O)(=O)N[C@@H]1CCN(C(=O)[C@@H]2C[C@@]23CCCc2ccccc23)C1. The summed E-state index contributed by atoms with van der Waals surface area (Å²) in [7, 11) is -3.22. The van der Waals surface area contributed by atoms with Crippen molar-refractivity contribution in [3.05, 3.63) is 35.4 Å². The highest BCUT2D eigenvalue weighted by atomic mass is 32.2. The lowest BCUT2D eigenvalue weighted by molar-refractivity contribution is -0.132. The van der Waals surface area contributed by atoms with Gasteiger partial charge in [0, 0.05) is 30.5 Å². The first-order valence-corrected chi connectivity index (χ1v) is 10.6. The molecule has 1 aliphatic heterocycles. The number of benzene rings is 1. The van der Waals surface area contributed by atoms with E-state index >= 15 is 0 Å².